The summed E-state index contributed by atoms with van der Waals surface area (Å²) in [6.07, 6.45) is 1.75. The van der Waals surface area contributed by atoms with Gasteiger partial charge in [0, 0.05) is 18.3 Å². The molecular formula is C14H19ClN2OS. The smallest absolute Gasteiger partial charge is 0.0940 e. The number of aromatic nitrogens is 2. The fraction of sp³-hybridized carbons (Fsp3) is 0.500. The topological polar surface area (TPSA) is 38.1 Å². The van der Waals surface area contributed by atoms with Gasteiger partial charge in [0.25, 0.3) is 0 Å². The highest BCUT2D eigenvalue weighted by Crippen LogP contribution is 2.30. The van der Waals surface area contributed by atoms with Crippen LogP contribution in [-0.4, -0.2) is 14.9 Å². The monoisotopic (exact) mass is 298 g/mol. The maximum atomic E-state index is 10.4. The molecule has 0 aliphatic heterocycles. The minimum Gasteiger partial charge on any atom is -0.387 e. The Labute approximate surface area is 122 Å². The highest BCUT2D eigenvalue weighted by Gasteiger charge is 2.20. The van der Waals surface area contributed by atoms with E-state index in [1.807, 2.05) is 19.4 Å². The molecule has 2 rings (SSSR count). The zero-order valence-corrected chi connectivity index (χ0v) is 13.1. The average Bonchev–Trinajstić information content (AvgIpc) is 2.97. The van der Waals surface area contributed by atoms with Gasteiger partial charge in [0.15, 0.2) is 0 Å². The molecule has 1 atom stereocenters. The molecule has 3 nitrogen and oxygen atoms in total. The van der Waals surface area contributed by atoms with Gasteiger partial charge in [0.2, 0.25) is 0 Å². The summed E-state index contributed by atoms with van der Waals surface area (Å²) in [6.45, 7) is 4.13. The maximum Gasteiger partial charge on any atom is 0.0940 e. The summed E-state index contributed by atoms with van der Waals surface area (Å²) in [7, 11) is 1.88. The van der Waals surface area contributed by atoms with E-state index in [0.717, 1.165) is 29.1 Å². The van der Waals surface area contributed by atoms with Gasteiger partial charge >= 0.3 is 0 Å². The lowest BCUT2D eigenvalue weighted by Gasteiger charge is -2.11. The van der Waals surface area contributed by atoms with Crippen molar-refractivity contribution < 1.29 is 5.11 Å². The van der Waals surface area contributed by atoms with Gasteiger partial charge in [-0.25, -0.2) is 0 Å². The molecule has 0 aliphatic rings. The van der Waals surface area contributed by atoms with Crippen LogP contribution in [0.2, 0.25) is 5.02 Å². The maximum absolute atomic E-state index is 10.4. The molecule has 104 valence electrons. The number of aliphatic hydroxyl groups excluding tert-OH is 1. The Kier molecular flexibility index (Phi) is 4.66. The van der Waals surface area contributed by atoms with Gasteiger partial charge in [0.05, 0.1) is 22.5 Å². The number of halogens is 1. The second-order valence-corrected chi connectivity index (χ2v) is 5.89. The number of nitrogens with zero attached hydrogens (tertiary/aromatic N) is 2. The van der Waals surface area contributed by atoms with Crippen LogP contribution in [0.1, 0.15) is 41.8 Å². The minimum atomic E-state index is -0.507. The molecule has 0 aromatic carbocycles. The van der Waals surface area contributed by atoms with E-state index in [9.17, 15) is 5.11 Å². The van der Waals surface area contributed by atoms with Gasteiger partial charge in [0.1, 0.15) is 0 Å². The SMILES string of the molecule is CCc1ccsc1C(O)Cc1c(Cl)c(CC)nn1C. The van der Waals surface area contributed by atoms with Crippen molar-refractivity contribution in [1.29, 1.82) is 0 Å². The van der Waals surface area contributed by atoms with Crippen LogP contribution in [0.25, 0.3) is 0 Å². The molecule has 2 aromatic rings. The van der Waals surface area contributed by atoms with E-state index in [-0.39, 0.29) is 0 Å². The zero-order valence-electron chi connectivity index (χ0n) is 11.5. The number of hydrogen-bond donors (Lipinski definition) is 1. The Morgan fingerprint density at radius 2 is 2.16 bits per heavy atom. The van der Waals surface area contributed by atoms with Gasteiger partial charge < -0.3 is 5.11 Å². The van der Waals surface area contributed by atoms with Crippen molar-refractivity contribution in [3.05, 3.63) is 38.3 Å². The molecule has 0 aliphatic carbocycles. The molecule has 0 radical (unpaired) electrons. The summed E-state index contributed by atoms with van der Waals surface area (Å²) >= 11 is 7.92. The van der Waals surface area contributed by atoms with Crippen molar-refractivity contribution in [2.24, 2.45) is 7.05 Å². The summed E-state index contributed by atoms with van der Waals surface area (Å²) in [5.74, 6) is 0. The van der Waals surface area contributed by atoms with Crippen LogP contribution in [0.5, 0.6) is 0 Å². The lowest BCUT2D eigenvalue weighted by Crippen LogP contribution is -2.07. The van der Waals surface area contributed by atoms with Crippen molar-refractivity contribution in [3.63, 3.8) is 0 Å². The van der Waals surface area contributed by atoms with Crippen LogP contribution >= 0.6 is 22.9 Å². The Bertz CT molecular complexity index is 562. The molecule has 2 aromatic heterocycles. The first-order valence-electron chi connectivity index (χ1n) is 6.53. The number of thiophene rings is 1. The number of aliphatic hydroxyl groups is 1. The molecule has 0 saturated heterocycles. The molecule has 0 bridgehead atoms. The van der Waals surface area contributed by atoms with Gasteiger partial charge in [-0.1, -0.05) is 25.4 Å². The standard InChI is InChI=1S/C14H19ClN2OS/c1-4-9-6-7-19-14(9)12(18)8-11-13(15)10(5-2)16-17(11)3/h6-7,12,18H,4-5,8H2,1-3H3. The normalized spacial score (nSPS) is 12.9. The van der Waals surface area contributed by atoms with E-state index in [0.29, 0.717) is 11.4 Å². The van der Waals surface area contributed by atoms with Crippen molar-refractivity contribution in [3.8, 4) is 0 Å². The molecule has 19 heavy (non-hydrogen) atoms. The summed E-state index contributed by atoms with van der Waals surface area (Å²) in [5, 5.41) is 17.5. The van der Waals surface area contributed by atoms with E-state index >= 15 is 0 Å². The first-order valence-corrected chi connectivity index (χ1v) is 7.78. The largest absolute Gasteiger partial charge is 0.387 e. The van der Waals surface area contributed by atoms with Crippen molar-refractivity contribution >= 4 is 22.9 Å². The van der Waals surface area contributed by atoms with Crippen LogP contribution < -0.4 is 0 Å². The van der Waals surface area contributed by atoms with Crippen LogP contribution in [0.15, 0.2) is 11.4 Å². The molecule has 1 unspecified atom stereocenters. The second-order valence-electron chi connectivity index (χ2n) is 4.57. The van der Waals surface area contributed by atoms with Crippen LogP contribution in [-0.2, 0) is 26.3 Å². The summed E-state index contributed by atoms with van der Waals surface area (Å²) in [4.78, 5) is 1.04. The molecule has 0 saturated carbocycles. The molecule has 2 heterocycles. The van der Waals surface area contributed by atoms with E-state index < -0.39 is 6.10 Å². The molecule has 0 fully saturated rings. The van der Waals surface area contributed by atoms with Gasteiger partial charge in [-0.05, 0) is 29.9 Å². The lowest BCUT2D eigenvalue weighted by molar-refractivity contribution is 0.178. The fourth-order valence-corrected chi connectivity index (χ4v) is 3.60. The number of aryl methyl sites for hydroxylation is 3. The van der Waals surface area contributed by atoms with Gasteiger partial charge in [-0.2, -0.15) is 5.10 Å². The molecule has 5 heteroatoms. The van der Waals surface area contributed by atoms with Gasteiger partial charge in [-0.15, -0.1) is 11.3 Å². The quantitative estimate of drug-likeness (QED) is 0.917. The second kappa shape index (κ2) is 6.07. The minimum absolute atomic E-state index is 0.507. The summed E-state index contributed by atoms with van der Waals surface area (Å²) < 4.78 is 1.78. The number of rotatable bonds is 5. The number of hydrogen-bond acceptors (Lipinski definition) is 3. The first-order chi connectivity index (χ1) is 9.08. The molecule has 0 amide bonds. The third kappa shape index (κ3) is 2.86. The van der Waals surface area contributed by atoms with Crippen LogP contribution in [0.3, 0.4) is 0 Å². The van der Waals surface area contributed by atoms with Crippen molar-refractivity contribution in [2.45, 2.75) is 39.2 Å². The lowest BCUT2D eigenvalue weighted by atomic mass is 10.1. The first kappa shape index (κ1) is 14.6. The average molecular weight is 299 g/mol. The van der Waals surface area contributed by atoms with E-state index in [1.54, 1.807) is 16.0 Å². The van der Waals surface area contributed by atoms with Crippen LogP contribution in [0, 0.1) is 0 Å². The predicted molar refractivity (Wildman–Crippen MR) is 80.0 cm³/mol. The molecule has 0 spiro atoms. The Hall–Kier alpha value is -0.840. The third-order valence-electron chi connectivity index (χ3n) is 3.35. The van der Waals surface area contributed by atoms with E-state index in [2.05, 4.69) is 18.1 Å². The Morgan fingerprint density at radius 3 is 2.74 bits per heavy atom. The summed E-state index contributed by atoms with van der Waals surface area (Å²) in [5.41, 5.74) is 3.02. The predicted octanol–water partition coefficient (Wildman–Crippen LogP) is 3.54. The fourth-order valence-electron chi connectivity index (χ4n) is 2.25. The van der Waals surface area contributed by atoms with E-state index in [4.69, 9.17) is 11.6 Å². The zero-order chi connectivity index (χ0) is 14.0. The molecule has 1 N–H and O–H groups in total. The van der Waals surface area contributed by atoms with Crippen molar-refractivity contribution in [2.75, 3.05) is 0 Å². The molecular weight excluding hydrogens is 280 g/mol. The summed E-state index contributed by atoms with van der Waals surface area (Å²) in [6, 6.07) is 2.07. The highest BCUT2D eigenvalue weighted by molar-refractivity contribution is 7.10. The van der Waals surface area contributed by atoms with Gasteiger partial charge in [-0.3, -0.25) is 4.68 Å². The van der Waals surface area contributed by atoms with Crippen molar-refractivity contribution in [1.82, 2.24) is 9.78 Å². The van der Waals surface area contributed by atoms with E-state index in [1.165, 1.54) is 5.56 Å². The van der Waals surface area contributed by atoms with Crippen LogP contribution in [0.4, 0.5) is 0 Å². The highest BCUT2D eigenvalue weighted by atomic mass is 35.5. The third-order valence-corrected chi connectivity index (χ3v) is 4.85. The Balaban J connectivity index is 2.24. The Morgan fingerprint density at radius 1 is 1.42 bits per heavy atom.